The first-order valence-electron chi connectivity index (χ1n) is 10.1. The molecule has 2 aromatic rings. The lowest BCUT2D eigenvalue weighted by Crippen LogP contribution is -2.30. The number of rotatable bonds is 16. The zero-order valence-corrected chi connectivity index (χ0v) is 18.9. The molecule has 0 radical (unpaired) electrons. The molecule has 9 nitrogen and oxygen atoms in total. The third kappa shape index (κ3) is 11.4. The topological polar surface area (TPSA) is 106 Å². The molecule has 0 atom stereocenters. The summed E-state index contributed by atoms with van der Waals surface area (Å²) in [5.74, 6) is 3.80. The van der Waals surface area contributed by atoms with E-state index in [1.54, 1.807) is 18.0 Å². The predicted octanol–water partition coefficient (Wildman–Crippen LogP) is 2.83. The number of pyridine rings is 1. The van der Waals surface area contributed by atoms with Gasteiger partial charge in [0.25, 0.3) is 6.20 Å². The minimum Gasteiger partial charge on any atom is -0.462 e. The van der Waals surface area contributed by atoms with Crippen LogP contribution in [0.15, 0.2) is 53.1 Å². The summed E-state index contributed by atoms with van der Waals surface area (Å²) in [7, 11) is 3.98. The van der Waals surface area contributed by atoms with E-state index in [4.69, 9.17) is 9.15 Å². The van der Waals surface area contributed by atoms with Crippen LogP contribution < -0.4 is 10.6 Å². The van der Waals surface area contributed by atoms with Crippen LogP contribution in [0.1, 0.15) is 23.5 Å². The van der Waals surface area contributed by atoms with Crippen molar-refractivity contribution >= 4 is 11.8 Å². The van der Waals surface area contributed by atoms with E-state index in [-0.39, 0.29) is 0 Å². The second kappa shape index (κ2) is 14.4. The van der Waals surface area contributed by atoms with Gasteiger partial charge in [0.15, 0.2) is 5.82 Å². The molecule has 2 rings (SSSR count). The van der Waals surface area contributed by atoms with Crippen LogP contribution in [-0.4, -0.2) is 54.4 Å². The van der Waals surface area contributed by atoms with Crippen molar-refractivity contribution in [1.29, 1.82) is 0 Å². The lowest BCUT2D eigenvalue weighted by molar-refractivity contribution is -0.404. The fourth-order valence-corrected chi connectivity index (χ4v) is 3.45. The highest BCUT2D eigenvalue weighted by atomic mass is 32.2. The molecule has 2 aromatic heterocycles. The van der Waals surface area contributed by atoms with Gasteiger partial charge in [-0.2, -0.15) is 11.8 Å². The van der Waals surface area contributed by atoms with E-state index in [0.717, 1.165) is 47.8 Å². The van der Waals surface area contributed by atoms with Gasteiger partial charge in [-0.3, -0.25) is 15.1 Å². The summed E-state index contributed by atoms with van der Waals surface area (Å²) in [6, 6.07) is 7.82. The first-order valence-corrected chi connectivity index (χ1v) is 11.3. The van der Waals surface area contributed by atoms with Gasteiger partial charge >= 0.3 is 0 Å². The molecule has 0 spiro atoms. The lowest BCUT2D eigenvalue weighted by Gasteiger charge is -2.11. The van der Waals surface area contributed by atoms with Crippen LogP contribution in [0.3, 0.4) is 0 Å². The van der Waals surface area contributed by atoms with E-state index < -0.39 is 4.92 Å². The molecule has 2 N–H and O–H groups in total. The Morgan fingerprint density at radius 2 is 2.10 bits per heavy atom. The highest BCUT2D eigenvalue weighted by molar-refractivity contribution is 7.98. The van der Waals surface area contributed by atoms with Gasteiger partial charge < -0.3 is 24.7 Å². The zero-order chi connectivity index (χ0) is 22.3. The van der Waals surface area contributed by atoms with E-state index in [2.05, 4.69) is 15.6 Å². The Hall–Kier alpha value is -2.56. The van der Waals surface area contributed by atoms with Crippen LogP contribution in [0, 0.1) is 10.1 Å². The summed E-state index contributed by atoms with van der Waals surface area (Å²) in [5, 5.41) is 17.0. The molecule has 0 aliphatic carbocycles. The van der Waals surface area contributed by atoms with Crippen molar-refractivity contribution in [2.75, 3.05) is 39.5 Å². The normalized spacial score (nSPS) is 11.6. The zero-order valence-electron chi connectivity index (χ0n) is 18.1. The van der Waals surface area contributed by atoms with Crippen LogP contribution in [0.4, 0.5) is 0 Å². The van der Waals surface area contributed by atoms with Gasteiger partial charge in [-0.25, -0.2) is 0 Å². The third-order valence-corrected chi connectivity index (χ3v) is 5.03. The molecule has 0 saturated heterocycles. The number of nitrogens with one attached hydrogen (secondary N) is 2. The quantitative estimate of drug-likeness (QED) is 0.227. The van der Waals surface area contributed by atoms with Crippen LogP contribution >= 0.6 is 11.8 Å². The number of aromatic nitrogens is 1. The van der Waals surface area contributed by atoms with Crippen molar-refractivity contribution in [3.05, 3.63) is 75.9 Å². The molecule has 0 bridgehead atoms. The van der Waals surface area contributed by atoms with Gasteiger partial charge in [-0.1, -0.05) is 6.07 Å². The minimum atomic E-state index is -0.461. The van der Waals surface area contributed by atoms with Crippen molar-refractivity contribution in [3.8, 4) is 0 Å². The molecule has 0 aliphatic rings. The van der Waals surface area contributed by atoms with E-state index in [0.29, 0.717) is 32.1 Å². The number of nitro groups is 1. The van der Waals surface area contributed by atoms with Gasteiger partial charge in [0.2, 0.25) is 0 Å². The van der Waals surface area contributed by atoms with Gasteiger partial charge in [0.1, 0.15) is 18.1 Å². The molecule has 0 aromatic carbocycles. The minimum absolute atomic E-state index is 0.409. The molecule has 31 heavy (non-hydrogen) atoms. The fourth-order valence-electron chi connectivity index (χ4n) is 2.66. The number of nitrogens with zero attached hydrogens (tertiary/aromatic N) is 3. The van der Waals surface area contributed by atoms with Gasteiger partial charge in [0, 0.05) is 43.6 Å². The summed E-state index contributed by atoms with van der Waals surface area (Å²) < 4.78 is 11.3. The molecular formula is C21H31N5O4S. The van der Waals surface area contributed by atoms with Gasteiger partial charge in [-0.15, -0.1) is 0 Å². The molecule has 10 heteroatoms. The highest BCUT2D eigenvalue weighted by Crippen LogP contribution is 2.11. The second-order valence-corrected chi connectivity index (χ2v) is 8.21. The van der Waals surface area contributed by atoms with Crippen molar-refractivity contribution in [2.24, 2.45) is 0 Å². The maximum atomic E-state index is 10.8. The number of hydrogen-bond acceptors (Lipinski definition) is 9. The molecule has 0 amide bonds. The third-order valence-electron chi connectivity index (χ3n) is 4.00. The van der Waals surface area contributed by atoms with Crippen LogP contribution in [-0.2, 0) is 23.6 Å². The molecule has 0 saturated carbocycles. The molecule has 170 valence electrons. The Morgan fingerprint density at radius 1 is 1.29 bits per heavy atom. The summed E-state index contributed by atoms with van der Waals surface area (Å²) >= 11 is 1.75. The van der Waals surface area contributed by atoms with Gasteiger partial charge in [0.05, 0.1) is 11.5 Å². The second-order valence-electron chi connectivity index (χ2n) is 7.11. The monoisotopic (exact) mass is 449 g/mol. The Kier molecular flexibility index (Phi) is 11.5. The van der Waals surface area contributed by atoms with E-state index >= 15 is 0 Å². The smallest absolute Gasteiger partial charge is 0.274 e. The van der Waals surface area contributed by atoms with Crippen molar-refractivity contribution in [1.82, 2.24) is 20.5 Å². The summed E-state index contributed by atoms with van der Waals surface area (Å²) in [4.78, 5) is 16.5. The fraction of sp³-hybridized carbons (Fsp3) is 0.476. The maximum Gasteiger partial charge on any atom is 0.274 e. The standard InChI is InChI=1S/C21H31N5O4S/c1-25(2)14-19-6-7-20(30-19)16-29-11-4-9-23-21(15-26(27)28)24-10-12-31-17-18-5-3-8-22-13-18/h3,5-8,13,15,23-24H,4,9-12,14,16-17H2,1-2H3. The van der Waals surface area contributed by atoms with Crippen molar-refractivity contribution in [3.63, 3.8) is 0 Å². The summed E-state index contributed by atoms with van der Waals surface area (Å²) in [5.41, 5.74) is 1.16. The average molecular weight is 450 g/mol. The van der Waals surface area contributed by atoms with Crippen molar-refractivity contribution in [2.45, 2.75) is 25.3 Å². The maximum absolute atomic E-state index is 10.8. The number of furan rings is 1. The van der Waals surface area contributed by atoms with E-state index in [1.807, 2.05) is 49.5 Å². The molecule has 2 heterocycles. The first kappa shape index (κ1) is 24.7. The predicted molar refractivity (Wildman–Crippen MR) is 122 cm³/mol. The van der Waals surface area contributed by atoms with Crippen LogP contribution in [0.5, 0.6) is 0 Å². The van der Waals surface area contributed by atoms with E-state index in [1.165, 1.54) is 0 Å². The Morgan fingerprint density at radius 3 is 2.84 bits per heavy atom. The Labute approximate surface area is 187 Å². The molecular weight excluding hydrogens is 418 g/mol. The van der Waals surface area contributed by atoms with Crippen LogP contribution in [0.25, 0.3) is 0 Å². The highest BCUT2D eigenvalue weighted by Gasteiger charge is 2.05. The lowest BCUT2D eigenvalue weighted by atomic mass is 10.3. The number of thioether (sulfide) groups is 1. The largest absolute Gasteiger partial charge is 0.462 e. The van der Waals surface area contributed by atoms with Crippen LogP contribution in [0.2, 0.25) is 0 Å². The Balaban J connectivity index is 1.57. The van der Waals surface area contributed by atoms with E-state index in [9.17, 15) is 10.1 Å². The molecule has 0 fully saturated rings. The summed E-state index contributed by atoms with van der Waals surface area (Å²) in [6.45, 7) is 2.90. The SMILES string of the molecule is CN(C)Cc1ccc(COCCCNC(=C[N+](=O)[O-])NCCSCc2cccnc2)o1. The first-order chi connectivity index (χ1) is 15.0. The summed E-state index contributed by atoms with van der Waals surface area (Å²) in [6.07, 6.45) is 5.27. The Bertz CT molecular complexity index is 798. The molecule has 0 unspecified atom stereocenters. The molecule has 0 aliphatic heterocycles. The van der Waals surface area contributed by atoms with Gasteiger partial charge in [-0.05, 0) is 44.3 Å². The average Bonchev–Trinajstić information content (AvgIpc) is 3.16. The number of hydrogen-bond donors (Lipinski definition) is 2. The number of ether oxygens (including phenoxy) is 1. The van der Waals surface area contributed by atoms with Crippen molar-refractivity contribution < 1.29 is 14.1 Å².